The van der Waals surface area contributed by atoms with E-state index in [4.69, 9.17) is 0 Å². The lowest BCUT2D eigenvalue weighted by molar-refractivity contribution is 0.0951. The minimum Gasteiger partial charge on any atom is -0.352 e. The zero-order valence-corrected chi connectivity index (χ0v) is 15.0. The molecular weight excluding hydrogens is 334 g/mol. The van der Waals surface area contributed by atoms with Crippen LogP contribution >= 0.6 is 11.3 Å². The van der Waals surface area contributed by atoms with Gasteiger partial charge in [0.2, 0.25) is 0 Å². The van der Waals surface area contributed by atoms with Gasteiger partial charge in [0.15, 0.2) is 0 Å². The Morgan fingerprint density at radius 1 is 1.04 bits per heavy atom. The van der Waals surface area contributed by atoms with Crippen molar-refractivity contribution in [3.8, 4) is 0 Å². The second kappa shape index (κ2) is 8.78. The molecule has 1 fully saturated rings. The average Bonchev–Trinajstić information content (AvgIpc) is 3.32. The van der Waals surface area contributed by atoms with E-state index in [2.05, 4.69) is 15.5 Å². The molecule has 0 radical (unpaired) electrons. The first-order chi connectivity index (χ1) is 12.2. The molecule has 0 bridgehead atoms. The summed E-state index contributed by atoms with van der Waals surface area (Å²) >= 11 is 1.40. The van der Waals surface area contributed by atoms with Crippen molar-refractivity contribution in [1.29, 1.82) is 0 Å². The molecule has 1 saturated heterocycles. The Morgan fingerprint density at radius 2 is 1.80 bits per heavy atom. The Morgan fingerprint density at radius 3 is 2.48 bits per heavy atom. The highest BCUT2D eigenvalue weighted by atomic mass is 32.1. The quantitative estimate of drug-likeness (QED) is 0.748. The number of carbonyl (C=O) groups excluding carboxylic acids is 2. The highest BCUT2D eigenvalue weighted by Gasteiger charge is 2.11. The summed E-state index contributed by atoms with van der Waals surface area (Å²) in [6.45, 7) is 4.11. The zero-order chi connectivity index (χ0) is 17.5. The summed E-state index contributed by atoms with van der Waals surface area (Å²) in [6, 6.07) is 10.6. The van der Waals surface area contributed by atoms with Crippen LogP contribution < -0.4 is 10.6 Å². The number of amides is 2. The van der Waals surface area contributed by atoms with Crippen molar-refractivity contribution in [1.82, 2.24) is 10.2 Å². The Balaban J connectivity index is 1.43. The average molecular weight is 357 g/mol. The monoisotopic (exact) mass is 357 g/mol. The SMILES string of the molecule is O=C(NCCCN1CCCC1)c1ccc(NC(=O)c2cccs2)cc1. The molecule has 2 N–H and O–H groups in total. The number of likely N-dealkylation sites (tertiary alicyclic amines) is 1. The van der Waals surface area contributed by atoms with Gasteiger partial charge in [0.05, 0.1) is 4.88 Å². The fourth-order valence-corrected chi connectivity index (χ4v) is 3.54. The standard InChI is InChI=1S/C19H23N3O2S/c23-18(20-10-4-13-22-11-1-2-12-22)15-6-8-16(9-7-15)21-19(24)17-5-3-14-25-17/h3,5-9,14H,1-2,4,10-13H2,(H,20,23)(H,21,24). The van der Waals surface area contributed by atoms with E-state index in [0.29, 0.717) is 22.7 Å². The van der Waals surface area contributed by atoms with Crippen molar-refractivity contribution in [2.24, 2.45) is 0 Å². The van der Waals surface area contributed by atoms with Crippen LogP contribution in [-0.4, -0.2) is 42.9 Å². The molecule has 0 aliphatic carbocycles. The predicted molar refractivity (Wildman–Crippen MR) is 101 cm³/mol. The van der Waals surface area contributed by atoms with E-state index in [0.717, 1.165) is 13.0 Å². The number of benzene rings is 1. The number of anilines is 1. The van der Waals surface area contributed by atoms with E-state index >= 15 is 0 Å². The summed E-state index contributed by atoms with van der Waals surface area (Å²) < 4.78 is 0. The van der Waals surface area contributed by atoms with Crippen LogP contribution in [0.3, 0.4) is 0 Å². The molecule has 1 aliphatic rings. The topological polar surface area (TPSA) is 61.4 Å². The molecule has 5 nitrogen and oxygen atoms in total. The van der Waals surface area contributed by atoms with Crippen molar-refractivity contribution in [2.45, 2.75) is 19.3 Å². The van der Waals surface area contributed by atoms with Gasteiger partial charge in [-0.25, -0.2) is 0 Å². The van der Waals surface area contributed by atoms with Gasteiger partial charge in [-0.1, -0.05) is 6.07 Å². The van der Waals surface area contributed by atoms with Gasteiger partial charge >= 0.3 is 0 Å². The molecule has 0 saturated carbocycles. The number of hydrogen-bond donors (Lipinski definition) is 2. The first kappa shape index (κ1) is 17.6. The second-order valence-corrected chi connectivity index (χ2v) is 7.11. The third-order valence-electron chi connectivity index (χ3n) is 4.29. The van der Waals surface area contributed by atoms with Gasteiger partial charge in [0, 0.05) is 17.8 Å². The van der Waals surface area contributed by atoms with E-state index in [1.54, 1.807) is 30.3 Å². The molecule has 0 spiro atoms. The summed E-state index contributed by atoms with van der Waals surface area (Å²) in [5.41, 5.74) is 1.29. The molecule has 2 amide bonds. The van der Waals surface area contributed by atoms with Gasteiger partial charge in [-0.05, 0) is 74.6 Å². The third kappa shape index (κ3) is 5.14. The Hall–Kier alpha value is -2.18. The molecule has 132 valence electrons. The second-order valence-electron chi connectivity index (χ2n) is 6.17. The molecule has 0 atom stereocenters. The van der Waals surface area contributed by atoms with E-state index in [9.17, 15) is 9.59 Å². The molecule has 2 aromatic rings. The van der Waals surface area contributed by atoms with Crippen LogP contribution in [0.4, 0.5) is 5.69 Å². The van der Waals surface area contributed by atoms with E-state index in [1.807, 2.05) is 11.4 Å². The predicted octanol–water partition coefficient (Wildman–Crippen LogP) is 3.22. The Labute approximate surface area is 152 Å². The summed E-state index contributed by atoms with van der Waals surface area (Å²) in [6.07, 6.45) is 3.56. The maximum absolute atomic E-state index is 12.2. The number of rotatable bonds is 7. The van der Waals surface area contributed by atoms with Crippen LogP contribution in [0, 0.1) is 0 Å². The molecule has 1 aliphatic heterocycles. The molecule has 1 aromatic heterocycles. The molecule has 2 heterocycles. The van der Waals surface area contributed by atoms with Crippen molar-refractivity contribution < 1.29 is 9.59 Å². The zero-order valence-electron chi connectivity index (χ0n) is 14.2. The van der Waals surface area contributed by atoms with Gasteiger partial charge in [-0.15, -0.1) is 11.3 Å². The fraction of sp³-hybridized carbons (Fsp3) is 0.368. The minimum absolute atomic E-state index is 0.0717. The summed E-state index contributed by atoms with van der Waals surface area (Å²) in [5, 5.41) is 7.65. The summed E-state index contributed by atoms with van der Waals surface area (Å²) in [7, 11) is 0. The van der Waals surface area contributed by atoms with E-state index in [-0.39, 0.29) is 11.8 Å². The number of carbonyl (C=O) groups is 2. The molecule has 0 unspecified atom stereocenters. The van der Waals surface area contributed by atoms with Crippen LogP contribution in [-0.2, 0) is 0 Å². The van der Waals surface area contributed by atoms with Gasteiger partial charge in [-0.3, -0.25) is 9.59 Å². The van der Waals surface area contributed by atoms with Gasteiger partial charge in [0.1, 0.15) is 0 Å². The van der Waals surface area contributed by atoms with Crippen LogP contribution in [0.5, 0.6) is 0 Å². The van der Waals surface area contributed by atoms with Gasteiger partial charge < -0.3 is 15.5 Å². The smallest absolute Gasteiger partial charge is 0.265 e. The lowest BCUT2D eigenvalue weighted by atomic mass is 10.2. The van der Waals surface area contributed by atoms with Crippen molar-refractivity contribution in [3.63, 3.8) is 0 Å². The first-order valence-electron chi connectivity index (χ1n) is 8.68. The number of nitrogens with one attached hydrogen (secondary N) is 2. The lowest BCUT2D eigenvalue weighted by Crippen LogP contribution is -2.28. The highest BCUT2D eigenvalue weighted by molar-refractivity contribution is 7.12. The molecule has 3 rings (SSSR count). The summed E-state index contributed by atoms with van der Waals surface area (Å²) in [5.74, 6) is -0.202. The molecule has 25 heavy (non-hydrogen) atoms. The molecule has 1 aromatic carbocycles. The van der Waals surface area contributed by atoms with Crippen molar-refractivity contribution >= 4 is 28.8 Å². The van der Waals surface area contributed by atoms with E-state index < -0.39 is 0 Å². The van der Waals surface area contributed by atoms with Gasteiger partial charge in [0.25, 0.3) is 11.8 Å². The van der Waals surface area contributed by atoms with Crippen LogP contribution in [0.1, 0.15) is 39.3 Å². The van der Waals surface area contributed by atoms with Crippen molar-refractivity contribution in [2.75, 3.05) is 31.5 Å². The summed E-state index contributed by atoms with van der Waals surface area (Å²) in [4.78, 5) is 27.3. The Bertz CT molecular complexity index is 692. The van der Waals surface area contributed by atoms with Gasteiger partial charge in [-0.2, -0.15) is 0 Å². The third-order valence-corrected chi connectivity index (χ3v) is 5.15. The number of thiophene rings is 1. The van der Waals surface area contributed by atoms with Crippen molar-refractivity contribution in [3.05, 3.63) is 52.2 Å². The number of nitrogens with zero attached hydrogens (tertiary/aromatic N) is 1. The minimum atomic E-state index is -0.130. The molecular formula is C19H23N3O2S. The largest absolute Gasteiger partial charge is 0.352 e. The van der Waals surface area contributed by atoms with E-state index in [1.165, 1.54) is 37.3 Å². The first-order valence-corrected chi connectivity index (χ1v) is 9.56. The van der Waals surface area contributed by atoms with Crippen LogP contribution in [0.25, 0.3) is 0 Å². The normalized spacial score (nSPS) is 14.4. The fourth-order valence-electron chi connectivity index (χ4n) is 2.92. The van der Waals surface area contributed by atoms with Crippen LogP contribution in [0.15, 0.2) is 41.8 Å². The lowest BCUT2D eigenvalue weighted by Gasteiger charge is -2.14. The maximum atomic E-state index is 12.2. The maximum Gasteiger partial charge on any atom is 0.265 e. The van der Waals surface area contributed by atoms with Crippen LogP contribution in [0.2, 0.25) is 0 Å². The highest BCUT2D eigenvalue weighted by Crippen LogP contribution is 2.14. The molecule has 6 heteroatoms. The Kier molecular flexibility index (Phi) is 6.19. The number of hydrogen-bond acceptors (Lipinski definition) is 4.